The molecule has 1 fully saturated rings. The summed E-state index contributed by atoms with van der Waals surface area (Å²) in [7, 11) is 0. The number of rotatable bonds is 5. The molecule has 3 rings (SSSR count). The van der Waals surface area contributed by atoms with Crippen molar-refractivity contribution in [3.63, 3.8) is 0 Å². The average molecular weight is 491 g/mol. The Morgan fingerprint density at radius 3 is 2.32 bits per heavy atom. The van der Waals surface area contributed by atoms with Gasteiger partial charge < -0.3 is 16.0 Å². The molecule has 2 aromatic rings. The van der Waals surface area contributed by atoms with Crippen LogP contribution in [0, 0.1) is 24.5 Å². The van der Waals surface area contributed by atoms with Gasteiger partial charge in [0.05, 0.1) is 22.2 Å². The minimum Gasteiger partial charge on any atom is -0.326 e. The van der Waals surface area contributed by atoms with Gasteiger partial charge in [0.25, 0.3) is 5.91 Å². The number of hydrogen-bond acceptors (Lipinski definition) is 3. The molecule has 1 aliphatic rings. The van der Waals surface area contributed by atoms with E-state index in [1.165, 1.54) is 6.07 Å². The maximum atomic E-state index is 14.6. The molecule has 6 nitrogen and oxygen atoms in total. The number of nitrogens with one attached hydrogen (secondary N) is 3. The lowest BCUT2D eigenvalue weighted by Crippen LogP contribution is -2.19. The summed E-state index contributed by atoms with van der Waals surface area (Å²) < 4.78 is 27.3. The van der Waals surface area contributed by atoms with Gasteiger partial charge in [-0.3, -0.25) is 14.4 Å². The number of alkyl halides is 2. The van der Waals surface area contributed by atoms with Gasteiger partial charge in [-0.25, -0.2) is 8.78 Å². The van der Waals surface area contributed by atoms with Gasteiger partial charge in [-0.1, -0.05) is 11.6 Å². The number of anilines is 3. The average Bonchev–Trinajstić information content (AvgIpc) is 3.32. The summed E-state index contributed by atoms with van der Waals surface area (Å²) in [5.41, 5.74) is -0.372. The van der Waals surface area contributed by atoms with Gasteiger partial charge in [0.15, 0.2) is 5.82 Å². The topological polar surface area (TPSA) is 87.3 Å². The molecule has 0 saturated heterocycles. The van der Waals surface area contributed by atoms with Crippen molar-refractivity contribution in [2.75, 3.05) is 16.0 Å². The van der Waals surface area contributed by atoms with Crippen molar-refractivity contribution < 1.29 is 23.2 Å². The number of halogens is 5. The zero-order chi connectivity index (χ0) is 23.1. The molecule has 0 aliphatic heterocycles. The fraction of sp³-hybridized carbons (Fsp3) is 0.250. The lowest BCUT2D eigenvalue weighted by molar-refractivity contribution is -0.117. The molecule has 0 aromatic heterocycles. The molecule has 31 heavy (non-hydrogen) atoms. The van der Waals surface area contributed by atoms with E-state index in [9.17, 15) is 23.2 Å². The van der Waals surface area contributed by atoms with Crippen molar-refractivity contribution in [3.05, 3.63) is 52.0 Å². The largest absolute Gasteiger partial charge is 0.326 e. The molecule has 1 aliphatic carbocycles. The fourth-order valence-electron chi connectivity index (χ4n) is 2.86. The van der Waals surface area contributed by atoms with Crippen LogP contribution < -0.4 is 16.0 Å². The van der Waals surface area contributed by atoms with Crippen LogP contribution in [0.2, 0.25) is 5.02 Å². The Hall–Kier alpha value is -2.42. The van der Waals surface area contributed by atoms with Crippen molar-refractivity contribution in [2.45, 2.75) is 24.6 Å². The first-order valence-electron chi connectivity index (χ1n) is 8.96. The highest BCUT2D eigenvalue weighted by atomic mass is 35.5. The van der Waals surface area contributed by atoms with Crippen LogP contribution in [0.1, 0.15) is 29.3 Å². The summed E-state index contributed by atoms with van der Waals surface area (Å²) in [4.78, 5) is 36.1. The van der Waals surface area contributed by atoms with E-state index in [4.69, 9.17) is 34.8 Å². The molecule has 164 valence electrons. The highest BCUT2D eigenvalue weighted by Crippen LogP contribution is 2.53. The Kier molecular flexibility index (Phi) is 6.45. The van der Waals surface area contributed by atoms with Crippen LogP contribution in [0.4, 0.5) is 25.8 Å². The van der Waals surface area contributed by atoms with E-state index in [0.717, 1.165) is 19.1 Å². The second-order valence-corrected chi connectivity index (χ2v) is 9.00. The maximum absolute atomic E-state index is 14.6. The third-order valence-electron chi connectivity index (χ3n) is 4.55. The minimum atomic E-state index is -1.16. The van der Waals surface area contributed by atoms with E-state index in [1.807, 2.05) is 5.32 Å². The molecular weight excluding hydrogens is 475 g/mol. The zero-order valence-electron chi connectivity index (χ0n) is 16.2. The Bertz CT molecular complexity index is 1110. The van der Waals surface area contributed by atoms with Crippen LogP contribution in [0.3, 0.4) is 0 Å². The summed E-state index contributed by atoms with van der Waals surface area (Å²) in [6.07, 6.45) is 0.308. The van der Waals surface area contributed by atoms with Crippen LogP contribution in [-0.4, -0.2) is 22.1 Å². The molecule has 1 atom stereocenters. The van der Waals surface area contributed by atoms with Crippen LogP contribution in [0.5, 0.6) is 0 Å². The standard InChI is InChI=1S/C20H16Cl3F2N3O3/c1-8-5-10(27-19(31)12-7-20(12,22)23)6-11(15(8)21)18(30)28-14-4-3-13(24)17(16(14)25)26-9(2)29/h3-6,12H,7H2,1-2H3,(H,26,29)(H,27,31)(H,28,30). The van der Waals surface area contributed by atoms with E-state index < -0.39 is 45.3 Å². The summed E-state index contributed by atoms with van der Waals surface area (Å²) in [6.45, 7) is 2.71. The number of carbonyl (C=O) groups is 3. The lowest BCUT2D eigenvalue weighted by atomic mass is 10.1. The first-order chi connectivity index (χ1) is 14.4. The highest BCUT2D eigenvalue weighted by Gasteiger charge is 2.56. The third kappa shape index (κ3) is 5.08. The molecule has 1 saturated carbocycles. The fourth-order valence-corrected chi connectivity index (χ4v) is 3.57. The number of hydrogen-bond donors (Lipinski definition) is 3. The molecule has 0 spiro atoms. The van der Waals surface area contributed by atoms with Crippen molar-refractivity contribution in [1.82, 2.24) is 0 Å². The predicted octanol–water partition coefficient (Wildman–Crippen LogP) is 5.27. The van der Waals surface area contributed by atoms with Crippen LogP contribution in [0.25, 0.3) is 0 Å². The number of amides is 3. The van der Waals surface area contributed by atoms with Crippen molar-refractivity contribution in [3.8, 4) is 0 Å². The molecule has 3 N–H and O–H groups in total. The Labute approximate surface area is 191 Å². The minimum absolute atomic E-state index is 0.0550. The van der Waals surface area contributed by atoms with Gasteiger partial charge >= 0.3 is 0 Å². The summed E-state index contributed by atoms with van der Waals surface area (Å²) in [6, 6.07) is 4.77. The Morgan fingerprint density at radius 2 is 1.74 bits per heavy atom. The van der Waals surface area contributed by atoms with Gasteiger partial charge in [0, 0.05) is 12.6 Å². The van der Waals surface area contributed by atoms with Crippen LogP contribution >= 0.6 is 34.8 Å². The SMILES string of the molecule is CC(=O)Nc1c(F)ccc(NC(=O)c2cc(NC(=O)C3CC3(Cl)Cl)cc(C)c2Cl)c1F. The molecule has 0 bridgehead atoms. The van der Waals surface area contributed by atoms with Crippen molar-refractivity contribution in [2.24, 2.45) is 5.92 Å². The van der Waals surface area contributed by atoms with E-state index in [-0.39, 0.29) is 22.0 Å². The molecule has 3 amide bonds. The van der Waals surface area contributed by atoms with Crippen molar-refractivity contribution >= 4 is 69.6 Å². The molecular formula is C20H16Cl3F2N3O3. The molecule has 1 unspecified atom stereocenters. The molecule has 2 aromatic carbocycles. The molecule has 0 radical (unpaired) electrons. The predicted molar refractivity (Wildman–Crippen MR) is 116 cm³/mol. The van der Waals surface area contributed by atoms with Gasteiger partial charge in [-0.15, -0.1) is 23.2 Å². The van der Waals surface area contributed by atoms with E-state index in [0.29, 0.717) is 12.0 Å². The third-order valence-corrected chi connectivity index (χ3v) is 5.89. The summed E-state index contributed by atoms with van der Waals surface area (Å²) in [5, 5.41) is 7.02. The highest BCUT2D eigenvalue weighted by molar-refractivity contribution is 6.52. The monoisotopic (exact) mass is 489 g/mol. The number of carbonyl (C=O) groups excluding carboxylic acids is 3. The number of benzene rings is 2. The van der Waals surface area contributed by atoms with E-state index >= 15 is 0 Å². The first kappa shape index (κ1) is 23.2. The molecule has 0 heterocycles. The van der Waals surface area contributed by atoms with Gasteiger partial charge in [-0.05, 0) is 43.2 Å². The first-order valence-corrected chi connectivity index (χ1v) is 10.1. The normalized spacial score (nSPS) is 16.4. The lowest BCUT2D eigenvalue weighted by Gasteiger charge is -2.14. The van der Waals surface area contributed by atoms with Crippen LogP contribution in [-0.2, 0) is 9.59 Å². The Balaban J connectivity index is 1.86. The van der Waals surface area contributed by atoms with Crippen LogP contribution in [0.15, 0.2) is 24.3 Å². The second-order valence-electron chi connectivity index (χ2n) is 7.08. The quantitative estimate of drug-likeness (QED) is 0.499. The maximum Gasteiger partial charge on any atom is 0.257 e. The smallest absolute Gasteiger partial charge is 0.257 e. The number of aryl methyl sites for hydroxylation is 1. The second kappa shape index (κ2) is 8.61. The van der Waals surface area contributed by atoms with Gasteiger partial charge in [0.1, 0.15) is 15.8 Å². The van der Waals surface area contributed by atoms with Crippen molar-refractivity contribution in [1.29, 1.82) is 0 Å². The van der Waals surface area contributed by atoms with E-state index in [2.05, 4.69) is 10.6 Å². The summed E-state index contributed by atoms with van der Waals surface area (Å²) in [5.74, 6) is -4.64. The summed E-state index contributed by atoms with van der Waals surface area (Å²) >= 11 is 18.0. The van der Waals surface area contributed by atoms with Gasteiger partial charge in [0.2, 0.25) is 11.8 Å². The Morgan fingerprint density at radius 1 is 1.10 bits per heavy atom. The zero-order valence-corrected chi connectivity index (χ0v) is 18.5. The molecule has 11 heteroatoms. The van der Waals surface area contributed by atoms with Gasteiger partial charge in [-0.2, -0.15) is 0 Å². The van der Waals surface area contributed by atoms with E-state index in [1.54, 1.807) is 13.0 Å².